The maximum atomic E-state index is 14.2. The van der Waals surface area contributed by atoms with Crippen molar-refractivity contribution in [3.8, 4) is 17.2 Å². The molecule has 128 valence electrons. The number of nitrogens with zero attached hydrogens (tertiary/aromatic N) is 1. The average molecular weight is 406 g/mol. The normalized spacial score (nSPS) is 10.9. The molecule has 1 heterocycles. The van der Waals surface area contributed by atoms with E-state index in [1.807, 2.05) is 0 Å². The molecule has 25 heavy (non-hydrogen) atoms. The number of carbonyl (C=O) groups is 2. The minimum absolute atomic E-state index is 0.0387. The molecule has 0 aliphatic carbocycles. The first-order valence-corrected chi connectivity index (χ1v) is 8.19. The molecule has 0 unspecified atom stereocenters. The first-order chi connectivity index (χ1) is 11.8. The number of Topliss-reactive ketones (excluding diaryl/α,β-unsaturated/α-hetero) is 1. The third kappa shape index (κ3) is 3.76. The lowest BCUT2D eigenvalue weighted by atomic mass is 10.1. The number of aromatic nitrogens is 1. The summed E-state index contributed by atoms with van der Waals surface area (Å²) in [4.78, 5) is 26.6. The van der Waals surface area contributed by atoms with Crippen LogP contribution in [0.3, 0.4) is 0 Å². The van der Waals surface area contributed by atoms with Gasteiger partial charge in [-0.2, -0.15) is 0 Å². The number of esters is 1. The monoisotopic (exact) mass is 405 g/mol. The Kier molecular flexibility index (Phi) is 4.67. The molecular formula is C18H13BrFNO4. The van der Waals surface area contributed by atoms with Gasteiger partial charge in [0.05, 0.1) is 4.47 Å². The van der Waals surface area contributed by atoms with Crippen LogP contribution in [-0.4, -0.2) is 16.7 Å². The fourth-order valence-corrected chi connectivity index (χ4v) is 2.92. The molecule has 1 aromatic heterocycles. The fourth-order valence-electron chi connectivity index (χ4n) is 2.41. The summed E-state index contributed by atoms with van der Waals surface area (Å²) in [7, 11) is 0. The molecule has 2 aromatic carbocycles. The number of hydrogen-bond acceptors (Lipinski definition) is 5. The van der Waals surface area contributed by atoms with E-state index in [-0.39, 0.29) is 18.1 Å². The van der Waals surface area contributed by atoms with Gasteiger partial charge in [-0.25, -0.2) is 9.37 Å². The SMILES string of the molecule is CC(=O)Cc1ccc(-c2nc3cc(OC(C)=O)cc(Br)c3o2)cc1F. The van der Waals surface area contributed by atoms with E-state index in [0.29, 0.717) is 32.4 Å². The highest BCUT2D eigenvalue weighted by Gasteiger charge is 2.15. The Morgan fingerprint density at radius 1 is 1.24 bits per heavy atom. The van der Waals surface area contributed by atoms with Gasteiger partial charge in [-0.15, -0.1) is 0 Å². The van der Waals surface area contributed by atoms with Gasteiger partial charge < -0.3 is 9.15 Å². The van der Waals surface area contributed by atoms with Crippen molar-refractivity contribution < 1.29 is 23.1 Å². The van der Waals surface area contributed by atoms with Crippen LogP contribution in [-0.2, 0) is 16.0 Å². The summed E-state index contributed by atoms with van der Waals surface area (Å²) in [5.74, 6) is -0.498. The summed E-state index contributed by atoms with van der Waals surface area (Å²) in [5.41, 5.74) is 1.69. The molecule has 0 fully saturated rings. The second-order valence-electron chi connectivity index (χ2n) is 5.55. The van der Waals surface area contributed by atoms with Crippen LogP contribution in [0, 0.1) is 5.82 Å². The zero-order valence-electron chi connectivity index (χ0n) is 13.4. The third-order valence-corrected chi connectivity index (χ3v) is 4.01. The third-order valence-electron chi connectivity index (χ3n) is 3.42. The molecule has 3 rings (SSSR count). The Labute approximate surface area is 150 Å². The van der Waals surface area contributed by atoms with Gasteiger partial charge in [-0.1, -0.05) is 6.07 Å². The standard InChI is InChI=1S/C18H13BrFNO4/c1-9(22)5-11-3-4-12(6-15(11)20)18-21-16-8-13(24-10(2)23)7-14(19)17(16)25-18/h3-4,6-8H,5H2,1-2H3. The van der Waals surface area contributed by atoms with Gasteiger partial charge in [0.25, 0.3) is 0 Å². The molecule has 0 N–H and O–H groups in total. The quantitative estimate of drug-likeness (QED) is 0.473. The molecule has 7 heteroatoms. The van der Waals surface area contributed by atoms with Crippen LogP contribution < -0.4 is 4.74 Å². The molecule has 0 radical (unpaired) electrons. The molecule has 0 bridgehead atoms. The Balaban J connectivity index is 2.01. The van der Waals surface area contributed by atoms with Crippen LogP contribution in [0.1, 0.15) is 19.4 Å². The molecule has 0 atom stereocenters. The van der Waals surface area contributed by atoms with Crippen molar-refractivity contribution in [3.63, 3.8) is 0 Å². The number of oxazole rings is 1. The smallest absolute Gasteiger partial charge is 0.308 e. The summed E-state index contributed by atoms with van der Waals surface area (Å²) in [6.07, 6.45) is 0.0387. The second-order valence-corrected chi connectivity index (χ2v) is 6.41. The zero-order valence-corrected chi connectivity index (χ0v) is 15.0. The number of halogens is 2. The topological polar surface area (TPSA) is 69.4 Å². The molecule has 0 aliphatic heterocycles. The first-order valence-electron chi connectivity index (χ1n) is 7.40. The predicted molar refractivity (Wildman–Crippen MR) is 92.8 cm³/mol. The summed E-state index contributed by atoms with van der Waals surface area (Å²) < 4.78 is 25.4. The lowest BCUT2D eigenvalue weighted by molar-refractivity contribution is -0.131. The second kappa shape index (κ2) is 6.76. The molecular weight excluding hydrogens is 393 g/mol. The minimum atomic E-state index is -0.491. The Morgan fingerprint density at radius 2 is 2.00 bits per heavy atom. The van der Waals surface area contributed by atoms with Gasteiger partial charge in [0.2, 0.25) is 5.89 Å². The van der Waals surface area contributed by atoms with Crippen molar-refractivity contribution >= 4 is 38.8 Å². The number of carbonyl (C=O) groups excluding carboxylic acids is 2. The van der Waals surface area contributed by atoms with E-state index in [2.05, 4.69) is 20.9 Å². The highest BCUT2D eigenvalue weighted by molar-refractivity contribution is 9.10. The summed E-state index contributed by atoms with van der Waals surface area (Å²) in [6.45, 7) is 2.71. The molecule has 0 saturated heterocycles. The van der Waals surface area contributed by atoms with E-state index in [9.17, 15) is 14.0 Å². The number of benzene rings is 2. The summed E-state index contributed by atoms with van der Waals surface area (Å²) in [5, 5.41) is 0. The van der Waals surface area contributed by atoms with E-state index in [0.717, 1.165) is 0 Å². The highest BCUT2D eigenvalue weighted by atomic mass is 79.9. The molecule has 0 amide bonds. The van der Waals surface area contributed by atoms with Gasteiger partial charge in [0.15, 0.2) is 5.58 Å². The van der Waals surface area contributed by atoms with Crippen LogP contribution >= 0.6 is 15.9 Å². The average Bonchev–Trinajstić information content (AvgIpc) is 2.93. The summed E-state index contributed by atoms with van der Waals surface area (Å²) >= 11 is 3.34. The largest absolute Gasteiger partial charge is 0.435 e. The van der Waals surface area contributed by atoms with Crippen molar-refractivity contribution in [2.75, 3.05) is 0 Å². The van der Waals surface area contributed by atoms with Gasteiger partial charge >= 0.3 is 5.97 Å². The van der Waals surface area contributed by atoms with E-state index in [1.165, 1.54) is 19.9 Å². The fraction of sp³-hybridized carbons (Fsp3) is 0.167. The van der Waals surface area contributed by atoms with Gasteiger partial charge in [0, 0.05) is 25.0 Å². The van der Waals surface area contributed by atoms with E-state index in [4.69, 9.17) is 9.15 Å². The Hall–Kier alpha value is -2.54. The van der Waals surface area contributed by atoms with Crippen LogP contribution in [0.4, 0.5) is 4.39 Å². The van der Waals surface area contributed by atoms with Gasteiger partial charge in [-0.3, -0.25) is 9.59 Å². The highest BCUT2D eigenvalue weighted by Crippen LogP contribution is 2.33. The lowest BCUT2D eigenvalue weighted by Gasteiger charge is -2.02. The molecule has 5 nitrogen and oxygen atoms in total. The van der Waals surface area contributed by atoms with Gasteiger partial charge in [-0.05, 0) is 46.6 Å². The van der Waals surface area contributed by atoms with Crippen LogP contribution in [0.5, 0.6) is 5.75 Å². The first kappa shape index (κ1) is 17.3. The lowest BCUT2D eigenvalue weighted by Crippen LogP contribution is -2.01. The predicted octanol–water partition coefficient (Wildman–Crippen LogP) is 4.45. The number of ketones is 1. The van der Waals surface area contributed by atoms with Crippen LogP contribution in [0.2, 0.25) is 0 Å². The Morgan fingerprint density at radius 3 is 2.64 bits per heavy atom. The Bertz CT molecular complexity index is 996. The zero-order chi connectivity index (χ0) is 18.1. The van der Waals surface area contributed by atoms with Crippen molar-refractivity contribution in [3.05, 3.63) is 46.2 Å². The molecule has 0 spiro atoms. The van der Waals surface area contributed by atoms with E-state index in [1.54, 1.807) is 24.3 Å². The minimum Gasteiger partial charge on any atom is -0.435 e. The maximum absolute atomic E-state index is 14.2. The number of hydrogen-bond donors (Lipinski definition) is 0. The number of ether oxygens (including phenoxy) is 1. The number of fused-ring (bicyclic) bond motifs is 1. The van der Waals surface area contributed by atoms with Crippen molar-refractivity contribution in [1.82, 2.24) is 4.98 Å². The summed E-state index contributed by atoms with van der Waals surface area (Å²) in [6, 6.07) is 7.63. The van der Waals surface area contributed by atoms with Crippen LogP contribution in [0.15, 0.2) is 39.2 Å². The van der Waals surface area contributed by atoms with Crippen molar-refractivity contribution in [2.45, 2.75) is 20.3 Å². The molecule has 0 aliphatic rings. The van der Waals surface area contributed by atoms with E-state index >= 15 is 0 Å². The van der Waals surface area contributed by atoms with E-state index < -0.39 is 11.8 Å². The molecule has 3 aromatic rings. The van der Waals surface area contributed by atoms with Crippen LogP contribution in [0.25, 0.3) is 22.6 Å². The number of rotatable bonds is 4. The van der Waals surface area contributed by atoms with Gasteiger partial charge in [0.1, 0.15) is 22.9 Å². The van der Waals surface area contributed by atoms with Crippen molar-refractivity contribution in [2.24, 2.45) is 0 Å². The molecule has 0 saturated carbocycles. The van der Waals surface area contributed by atoms with Crippen molar-refractivity contribution in [1.29, 1.82) is 0 Å². The maximum Gasteiger partial charge on any atom is 0.308 e.